The number of H-pyrrole nitrogens is 1. The third kappa shape index (κ3) is 5.13. The van der Waals surface area contributed by atoms with Crippen molar-refractivity contribution in [3.05, 3.63) is 31.5 Å². The Bertz CT molecular complexity index is 623. The lowest BCUT2D eigenvalue weighted by atomic mass is 9.91. The van der Waals surface area contributed by atoms with Crippen molar-refractivity contribution >= 4 is 21.8 Å². The minimum absolute atomic E-state index is 0.179. The van der Waals surface area contributed by atoms with Crippen LogP contribution in [-0.2, 0) is 11.3 Å². The van der Waals surface area contributed by atoms with Crippen LogP contribution in [0.5, 0.6) is 0 Å². The lowest BCUT2D eigenvalue weighted by Gasteiger charge is -2.31. The van der Waals surface area contributed by atoms with Crippen LogP contribution in [0.25, 0.3) is 0 Å². The Hall–Kier alpha value is -1.41. The summed E-state index contributed by atoms with van der Waals surface area (Å²) in [5, 5.41) is 2.85. The van der Waals surface area contributed by atoms with Crippen molar-refractivity contribution in [2.45, 2.75) is 39.3 Å². The summed E-state index contributed by atoms with van der Waals surface area (Å²) in [6.07, 6.45) is 2.03. The molecule has 1 atom stereocenters. The molecule has 1 unspecified atom stereocenters. The summed E-state index contributed by atoms with van der Waals surface area (Å²) in [6.45, 7) is 6.09. The molecule has 4 N–H and O–H groups in total. The molecule has 8 heteroatoms. The third-order valence-corrected chi connectivity index (χ3v) is 3.60. The van der Waals surface area contributed by atoms with Crippen LogP contribution in [0, 0.1) is 5.92 Å². The summed E-state index contributed by atoms with van der Waals surface area (Å²) in [7, 11) is 0. The molecule has 0 radical (unpaired) electrons. The number of aromatic amines is 1. The van der Waals surface area contributed by atoms with Gasteiger partial charge in [-0.05, 0) is 35.2 Å². The van der Waals surface area contributed by atoms with Crippen molar-refractivity contribution < 1.29 is 4.79 Å². The lowest BCUT2D eigenvalue weighted by molar-refractivity contribution is -0.123. The fourth-order valence-corrected chi connectivity index (χ4v) is 2.56. The second kappa shape index (κ2) is 7.04. The molecule has 0 saturated heterocycles. The Kier molecular flexibility index (Phi) is 5.91. The molecule has 1 aromatic heterocycles. The van der Waals surface area contributed by atoms with Crippen LogP contribution in [0.1, 0.15) is 27.2 Å². The number of aromatic nitrogens is 2. The highest BCUT2D eigenvalue weighted by Crippen LogP contribution is 2.15. The number of nitrogens with one attached hydrogen (secondary N) is 2. The topological polar surface area (TPSA) is 110 Å². The predicted octanol–water partition coefficient (Wildman–Crippen LogP) is 0.179. The zero-order valence-electron chi connectivity index (χ0n) is 12.4. The van der Waals surface area contributed by atoms with Gasteiger partial charge in [0.15, 0.2) is 0 Å². The van der Waals surface area contributed by atoms with Gasteiger partial charge in [0.25, 0.3) is 5.56 Å². The first-order valence-corrected chi connectivity index (χ1v) is 7.46. The number of halogens is 1. The molecular formula is C13H21BrN4O3. The van der Waals surface area contributed by atoms with Crippen molar-refractivity contribution in [3.8, 4) is 0 Å². The maximum Gasteiger partial charge on any atom is 0.328 e. The van der Waals surface area contributed by atoms with Crippen molar-refractivity contribution in [3.63, 3.8) is 0 Å². The van der Waals surface area contributed by atoms with Gasteiger partial charge in [0.2, 0.25) is 5.91 Å². The fraction of sp³-hybridized carbons (Fsp3) is 0.615. The normalized spacial score (nSPS) is 14.0. The van der Waals surface area contributed by atoms with Crippen molar-refractivity contribution in [2.24, 2.45) is 11.7 Å². The van der Waals surface area contributed by atoms with Gasteiger partial charge in [-0.2, -0.15) is 0 Å². The van der Waals surface area contributed by atoms with E-state index in [-0.39, 0.29) is 16.9 Å². The summed E-state index contributed by atoms with van der Waals surface area (Å²) < 4.78 is 1.33. The molecular weight excluding hydrogens is 340 g/mol. The molecule has 0 fully saturated rings. The van der Waals surface area contributed by atoms with E-state index in [4.69, 9.17) is 5.73 Å². The number of hydrogen-bond donors (Lipinski definition) is 3. The second-order valence-corrected chi connectivity index (χ2v) is 6.63. The molecule has 1 heterocycles. The highest BCUT2D eigenvalue weighted by molar-refractivity contribution is 9.10. The molecule has 0 aliphatic carbocycles. The predicted molar refractivity (Wildman–Crippen MR) is 84.1 cm³/mol. The van der Waals surface area contributed by atoms with Gasteiger partial charge in [-0.3, -0.25) is 19.1 Å². The SMILES string of the molecule is CC(C)CC(C)(CN)NC(=O)Cn1cc(Br)c(=O)[nH]c1=O. The monoisotopic (exact) mass is 360 g/mol. The highest BCUT2D eigenvalue weighted by atomic mass is 79.9. The van der Waals surface area contributed by atoms with Gasteiger partial charge < -0.3 is 11.1 Å². The minimum atomic E-state index is -0.628. The maximum atomic E-state index is 12.1. The Morgan fingerprint density at radius 1 is 1.52 bits per heavy atom. The van der Waals surface area contributed by atoms with E-state index < -0.39 is 16.8 Å². The smallest absolute Gasteiger partial charge is 0.328 e. The van der Waals surface area contributed by atoms with Gasteiger partial charge in [-0.25, -0.2) is 4.79 Å². The Morgan fingerprint density at radius 2 is 2.14 bits per heavy atom. The van der Waals surface area contributed by atoms with Gasteiger partial charge in [-0.15, -0.1) is 0 Å². The third-order valence-electron chi connectivity index (χ3n) is 3.03. The van der Waals surface area contributed by atoms with Crippen LogP contribution in [0.4, 0.5) is 0 Å². The molecule has 7 nitrogen and oxygen atoms in total. The molecule has 1 aromatic rings. The van der Waals surface area contributed by atoms with Crippen LogP contribution >= 0.6 is 15.9 Å². The summed E-state index contributed by atoms with van der Waals surface area (Å²) in [6, 6.07) is 0. The average molecular weight is 361 g/mol. The summed E-state index contributed by atoms with van der Waals surface area (Å²) in [5.74, 6) is 0.0495. The first-order chi connectivity index (χ1) is 9.66. The van der Waals surface area contributed by atoms with E-state index in [1.807, 2.05) is 20.8 Å². The number of carbonyl (C=O) groups is 1. The number of hydrogen-bond acceptors (Lipinski definition) is 4. The molecule has 0 aliphatic heterocycles. The molecule has 21 heavy (non-hydrogen) atoms. The Morgan fingerprint density at radius 3 is 2.67 bits per heavy atom. The standard InChI is InChI=1S/C13H21BrN4O3/c1-8(2)4-13(3,7-15)17-10(19)6-18-5-9(14)11(20)16-12(18)21/h5,8H,4,6-7,15H2,1-3H3,(H,17,19)(H,16,20,21). The largest absolute Gasteiger partial charge is 0.348 e. The number of nitrogens with zero attached hydrogens (tertiary/aromatic N) is 1. The van der Waals surface area contributed by atoms with E-state index in [1.165, 1.54) is 6.20 Å². The van der Waals surface area contributed by atoms with Crippen LogP contribution in [0.3, 0.4) is 0 Å². The van der Waals surface area contributed by atoms with Crippen molar-refractivity contribution in [1.29, 1.82) is 0 Å². The van der Waals surface area contributed by atoms with Crippen molar-refractivity contribution in [1.82, 2.24) is 14.9 Å². The highest BCUT2D eigenvalue weighted by Gasteiger charge is 2.26. The second-order valence-electron chi connectivity index (χ2n) is 5.78. The first-order valence-electron chi connectivity index (χ1n) is 6.67. The van der Waals surface area contributed by atoms with E-state index in [1.54, 1.807) is 0 Å². The van der Waals surface area contributed by atoms with Crippen LogP contribution in [0.2, 0.25) is 0 Å². The Balaban J connectivity index is 2.84. The van der Waals surface area contributed by atoms with E-state index in [2.05, 4.69) is 26.2 Å². The zero-order valence-corrected chi connectivity index (χ0v) is 14.0. The van der Waals surface area contributed by atoms with Crippen molar-refractivity contribution in [2.75, 3.05) is 6.54 Å². The number of carbonyl (C=O) groups excluding carboxylic acids is 1. The van der Waals surface area contributed by atoms with Gasteiger partial charge >= 0.3 is 5.69 Å². The summed E-state index contributed by atoms with van der Waals surface area (Å²) >= 11 is 3.02. The van der Waals surface area contributed by atoms with Gasteiger partial charge in [0.1, 0.15) is 6.54 Å². The summed E-state index contributed by atoms with van der Waals surface area (Å²) in [4.78, 5) is 37.1. The van der Waals surface area contributed by atoms with Gasteiger partial charge in [0, 0.05) is 18.3 Å². The van der Waals surface area contributed by atoms with Gasteiger partial charge in [0.05, 0.1) is 4.47 Å². The molecule has 0 aromatic carbocycles. The number of nitrogens with two attached hydrogens (primary N) is 1. The average Bonchev–Trinajstić information content (AvgIpc) is 2.34. The van der Waals surface area contributed by atoms with Crippen LogP contribution in [0.15, 0.2) is 20.3 Å². The molecule has 1 amide bonds. The molecule has 0 spiro atoms. The van der Waals surface area contributed by atoms with E-state index in [9.17, 15) is 14.4 Å². The molecule has 0 aliphatic rings. The molecule has 1 rings (SSSR count). The van der Waals surface area contributed by atoms with E-state index in [0.29, 0.717) is 12.5 Å². The number of amides is 1. The van der Waals surface area contributed by atoms with E-state index >= 15 is 0 Å². The Labute approximate surface area is 131 Å². The molecule has 118 valence electrons. The first kappa shape index (κ1) is 17.6. The van der Waals surface area contributed by atoms with Gasteiger partial charge in [-0.1, -0.05) is 13.8 Å². The minimum Gasteiger partial charge on any atom is -0.348 e. The fourth-order valence-electron chi connectivity index (χ4n) is 2.22. The summed E-state index contributed by atoms with van der Waals surface area (Å²) in [5.41, 5.74) is 4.06. The van der Waals surface area contributed by atoms with E-state index in [0.717, 1.165) is 11.0 Å². The zero-order chi connectivity index (χ0) is 16.2. The maximum absolute atomic E-state index is 12.1. The lowest BCUT2D eigenvalue weighted by Crippen LogP contribution is -2.53. The molecule has 0 saturated carbocycles. The molecule has 0 bridgehead atoms. The number of rotatable bonds is 6. The van der Waals surface area contributed by atoms with Crippen LogP contribution < -0.4 is 22.3 Å². The quantitative estimate of drug-likeness (QED) is 0.671. The van der Waals surface area contributed by atoms with Crippen LogP contribution in [-0.4, -0.2) is 27.5 Å².